The highest BCUT2D eigenvalue weighted by molar-refractivity contribution is 6.01. The summed E-state index contributed by atoms with van der Waals surface area (Å²) in [6, 6.07) is 8.00. The van der Waals surface area contributed by atoms with E-state index in [0.717, 1.165) is 18.2 Å². The lowest BCUT2D eigenvalue weighted by Gasteiger charge is -2.20. The zero-order valence-electron chi connectivity index (χ0n) is 16.5. The first kappa shape index (κ1) is 22.2. The van der Waals surface area contributed by atoms with Crippen LogP contribution in [0.4, 0.5) is 27.6 Å². The second kappa shape index (κ2) is 8.49. The van der Waals surface area contributed by atoms with Gasteiger partial charge in [-0.1, -0.05) is 6.07 Å². The number of ether oxygens (including phenoxy) is 1. The Bertz CT molecular complexity index is 1250. The van der Waals surface area contributed by atoms with Crippen LogP contribution in [0.25, 0.3) is 0 Å². The van der Waals surface area contributed by atoms with E-state index in [0.29, 0.717) is 17.3 Å². The summed E-state index contributed by atoms with van der Waals surface area (Å²) >= 11 is 0. The lowest BCUT2D eigenvalue weighted by molar-refractivity contribution is -0.275. The third-order valence-corrected chi connectivity index (χ3v) is 4.84. The predicted octanol–water partition coefficient (Wildman–Crippen LogP) is 4.27. The number of alkyl halides is 3. The smallest absolute Gasteiger partial charge is 0.403 e. The minimum Gasteiger partial charge on any atom is -0.403 e. The number of fused-ring (bicyclic) bond motifs is 1. The van der Waals surface area contributed by atoms with Crippen molar-refractivity contribution in [3.05, 3.63) is 88.7 Å². The first-order valence-corrected chi connectivity index (χ1v) is 9.50. The third kappa shape index (κ3) is 4.92. The molecule has 0 saturated heterocycles. The van der Waals surface area contributed by atoms with Crippen LogP contribution >= 0.6 is 0 Å². The SMILES string of the molecule is O=C1Cc2cc(C(=O)N[C@@H](c3ccc(OC(F)(F)F)c(F)c3)c3ncccc3F)ccc2N1. The Morgan fingerprint density at radius 3 is 2.58 bits per heavy atom. The van der Waals surface area contributed by atoms with Crippen molar-refractivity contribution < 1.29 is 36.3 Å². The van der Waals surface area contributed by atoms with Crippen molar-refractivity contribution in [3.63, 3.8) is 0 Å². The van der Waals surface area contributed by atoms with Crippen LogP contribution in [0.1, 0.15) is 33.2 Å². The Labute approximate surface area is 183 Å². The molecule has 1 aromatic heterocycles. The maximum atomic E-state index is 14.5. The second-order valence-corrected chi connectivity index (χ2v) is 7.11. The number of benzene rings is 2. The Morgan fingerprint density at radius 2 is 1.88 bits per heavy atom. The van der Waals surface area contributed by atoms with E-state index in [2.05, 4.69) is 20.4 Å². The van der Waals surface area contributed by atoms with Gasteiger partial charge in [0.05, 0.1) is 12.5 Å². The minimum atomic E-state index is -5.10. The molecule has 0 saturated carbocycles. The van der Waals surface area contributed by atoms with Gasteiger partial charge in [0.15, 0.2) is 11.6 Å². The molecule has 3 aromatic rings. The number of rotatable bonds is 5. The summed E-state index contributed by atoms with van der Waals surface area (Å²) in [5.74, 6) is -4.17. The highest BCUT2D eigenvalue weighted by Gasteiger charge is 2.33. The van der Waals surface area contributed by atoms with Gasteiger partial charge in [-0.2, -0.15) is 0 Å². The van der Waals surface area contributed by atoms with E-state index in [1.807, 2.05) is 0 Å². The van der Waals surface area contributed by atoms with Gasteiger partial charge in [0.25, 0.3) is 5.91 Å². The molecule has 0 bridgehead atoms. The molecule has 0 spiro atoms. The van der Waals surface area contributed by atoms with Gasteiger partial charge in [-0.25, -0.2) is 8.78 Å². The number of hydrogen-bond acceptors (Lipinski definition) is 4. The van der Waals surface area contributed by atoms with Crippen LogP contribution in [0.3, 0.4) is 0 Å². The molecule has 1 aliphatic rings. The summed E-state index contributed by atoms with van der Waals surface area (Å²) in [6.07, 6.45) is -3.77. The average molecular weight is 463 g/mol. The molecule has 1 atom stereocenters. The number of pyridine rings is 1. The molecule has 2 heterocycles. The van der Waals surface area contributed by atoms with Gasteiger partial charge in [-0.05, 0) is 53.6 Å². The molecular formula is C22H14F5N3O3. The zero-order chi connectivity index (χ0) is 23.8. The number of carbonyl (C=O) groups excluding carboxylic acids is 2. The molecule has 0 unspecified atom stereocenters. The molecule has 2 amide bonds. The van der Waals surface area contributed by atoms with Crippen LogP contribution in [0.5, 0.6) is 5.75 Å². The first-order chi connectivity index (χ1) is 15.6. The average Bonchev–Trinajstić information content (AvgIpc) is 3.12. The highest BCUT2D eigenvalue weighted by atomic mass is 19.4. The Morgan fingerprint density at radius 1 is 1.09 bits per heavy atom. The number of amides is 2. The largest absolute Gasteiger partial charge is 0.573 e. The van der Waals surface area contributed by atoms with Crippen molar-refractivity contribution in [2.45, 2.75) is 18.8 Å². The fourth-order valence-electron chi connectivity index (χ4n) is 3.41. The summed E-state index contributed by atoms with van der Waals surface area (Å²) in [5.41, 5.74) is 0.960. The van der Waals surface area contributed by atoms with Gasteiger partial charge in [-0.15, -0.1) is 13.2 Å². The van der Waals surface area contributed by atoms with Crippen molar-refractivity contribution >= 4 is 17.5 Å². The van der Waals surface area contributed by atoms with Crippen molar-refractivity contribution in [3.8, 4) is 5.75 Å². The molecule has 11 heteroatoms. The van der Waals surface area contributed by atoms with Gasteiger partial charge in [-0.3, -0.25) is 14.6 Å². The minimum absolute atomic E-state index is 0.0639. The molecule has 4 rings (SSSR count). The maximum absolute atomic E-state index is 14.5. The molecular weight excluding hydrogens is 449 g/mol. The molecule has 0 fully saturated rings. The van der Waals surface area contributed by atoms with E-state index >= 15 is 0 Å². The zero-order valence-corrected chi connectivity index (χ0v) is 16.5. The molecule has 1 aliphatic heterocycles. The lowest BCUT2D eigenvalue weighted by Crippen LogP contribution is -2.31. The van der Waals surface area contributed by atoms with E-state index < -0.39 is 35.7 Å². The van der Waals surface area contributed by atoms with Crippen LogP contribution in [0, 0.1) is 11.6 Å². The highest BCUT2D eigenvalue weighted by Crippen LogP contribution is 2.31. The number of nitrogens with zero attached hydrogens (tertiary/aromatic N) is 1. The van der Waals surface area contributed by atoms with E-state index in [4.69, 9.17) is 0 Å². The fraction of sp³-hybridized carbons (Fsp3) is 0.136. The van der Waals surface area contributed by atoms with E-state index in [9.17, 15) is 31.5 Å². The Kier molecular flexibility index (Phi) is 5.71. The van der Waals surface area contributed by atoms with Crippen molar-refractivity contribution in [2.75, 3.05) is 5.32 Å². The molecule has 0 aliphatic carbocycles. The quantitative estimate of drug-likeness (QED) is 0.554. The van der Waals surface area contributed by atoms with Gasteiger partial charge in [0.2, 0.25) is 5.91 Å². The van der Waals surface area contributed by atoms with Crippen LogP contribution < -0.4 is 15.4 Å². The number of carbonyl (C=O) groups is 2. The number of halogens is 5. The Balaban J connectivity index is 1.68. The van der Waals surface area contributed by atoms with E-state index in [-0.39, 0.29) is 29.1 Å². The van der Waals surface area contributed by atoms with E-state index in [1.165, 1.54) is 30.5 Å². The monoisotopic (exact) mass is 463 g/mol. The van der Waals surface area contributed by atoms with Gasteiger partial charge >= 0.3 is 6.36 Å². The predicted molar refractivity (Wildman–Crippen MR) is 105 cm³/mol. The number of aromatic nitrogens is 1. The van der Waals surface area contributed by atoms with Gasteiger partial charge in [0.1, 0.15) is 11.5 Å². The topological polar surface area (TPSA) is 80.3 Å². The Hall–Kier alpha value is -4.02. The summed E-state index contributed by atoms with van der Waals surface area (Å²) in [4.78, 5) is 28.3. The van der Waals surface area contributed by atoms with Crippen LogP contribution in [0.2, 0.25) is 0 Å². The van der Waals surface area contributed by atoms with Crippen molar-refractivity contribution in [2.24, 2.45) is 0 Å². The fourth-order valence-corrected chi connectivity index (χ4v) is 3.41. The standard InChI is InChI=1S/C22H14F5N3O3/c23-14-2-1-7-28-20(14)19(11-4-6-17(15(24)9-11)33-22(25,26)27)30-21(32)12-3-5-16-13(8-12)10-18(31)29-16/h1-9,19H,10H2,(H,29,31)(H,30,32)/t19-/m0/s1. The number of hydrogen-bond donors (Lipinski definition) is 2. The van der Waals surface area contributed by atoms with Crippen molar-refractivity contribution in [1.29, 1.82) is 0 Å². The molecule has 33 heavy (non-hydrogen) atoms. The van der Waals surface area contributed by atoms with Gasteiger partial charge in [0, 0.05) is 17.4 Å². The normalized spacial score (nSPS) is 13.8. The van der Waals surface area contributed by atoms with Crippen LogP contribution in [0.15, 0.2) is 54.7 Å². The summed E-state index contributed by atoms with van der Waals surface area (Å²) in [5, 5.41) is 5.15. The maximum Gasteiger partial charge on any atom is 0.573 e. The van der Waals surface area contributed by atoms with Crippen molar-refractivity contribution in [1.82, 2.24) is 10.3 Å². The molecule has 2 N–H and O–H groups in total. The molecule has 0 radical (unpaired) electrons. The van der Waals surface area contributed by atoms with Gasteiger partial charge < -0.3 is 15.4 Å². The summed E-state index contributed by atoms with van der Waals surface area (Å²) in [7, 11) is 0. The summed E-state index contributed by atoms with van der Waals surface area (Å²) in [6.45, 7) is 0. The third-order valence-electron chi connectivity index (χ3n) is 4.84. The molecule has 6 nitrogen and oxygen atoms in total. The molecule has 170 valence electrons. The molecule has 2 aromatic carbocycles. The first-order valence-electron chi connectivity index (χ1n) is 9.50. The van der Waals surface area contributed by atoms with Crippen LogP contribution in [-0.4, -0.2) is 23.2 Å². The van der Waals surface area contributed by atoms with E-state index in [1.54, 1.807) is 0 Å². The number of nitrogens with one attached hydrogen (secondary N) is 2. The second-order valence-electron chi connectivity index (χ2n) is 7.11. The number of anilines is 1. The lowest BCUT2D eigenvalue weighted by atomic mass is 10.0. The van der Waals surface area contributed by atoms with Crippen LogP contribution in [-0.2, 0) is 11.2 Å². The summed E-state index contributed by atoms with van der Waals surface area (Å²) < 4.78 is 69.7.